The lowest BCUT2D eigenvalue weighted by molar-refractivity contribution is 0.0512. The molecule has 0 aromatic carbocycles. The monoisotopic (exact) mass is 310 g/mol. The number of carbonyl (C=O) groups excluding carboxylic acids is 2. The Morgan fingerprint density at radius 3 is 2.71 bits per heavy atom. The summed E-state index contributed by atoms with van der Waals surface area (Å²) in [5.41, 5.74) is 0.606. The Morgan fingerprint density at radius 2 is 2.14 bits per heavy atom. The first-order chi connectivity index (χ1) is 10.1. The summed E-state index contributed by atoms with van der Waals surface area (Å²) in [6.07, 6.45) is 1.98. The molecule has 21 heavy (non-hydrogen) atoms. The van der Waals surface area contributed by atoms with Crippen molar-refractivity contribution in [2.24, 2.45) is 5.41 Å². The van der Waals surface area contributed by atoms with Crippen molar-refractivity contribution in [1.82, 2.24) is 10.6 Å². The molecule has 2 N–H and O–H groups in total. The number of amides is 1. The van der Waals surface area contributed by atoms with E-state index in [1.165, 1.54) is 18.3 Å². The van der Waals surface area contributed by atoms with E-state index in [9.17, 15) is 9.59 Å². The Balaban J connectivity index is 1.96. The second kappa shape index (κ2) is 7.15. The van der Waals surface area contributed by atoms with Gasteiger partial charge in [-0.15, -0.1) is 11.3 Å². The Labute approximate surface area is 129 Å². The second-order valence-corrected chi connectivity index (χ2v) is 6.53. The molecule has 6 heteroatoms. The number of piperidine rings is 1. The highest BCUT2D eigenvalue weighted by atomic mass is 32.1. The van der Waals surface area contributed by atoms with Crippen molar-refractivity contribution in [3.8, 4) is 0 Å². The van der Waals surface area contributed by atoms with Gasteiger partial charge in [0.1, 0.15) is 0 Å². The molecule has 116 valence electrons. The van der Waals surface area contributed by atoms with Crippen LogP contribution in [-0.4, -0.2) is 45.0 Å². The van der Waals surface area contributed by atoms with Crippen molar-refractivity contribution in [2.75, 3.05) is 33.4 Å². The fourth-order valence-electron chi connectivity index (χ4n) is 2.63. The predicted octanol–water partition coefficient (Wildman–Crippen LogP) is 1.70. The fourth-order valence-corrected chi connectivity index (χ4v) is 3.49. The van der Waals surface area contributed by atoms with Crippen LogP contribution in [-0.2, 0) is 4.74 Å². The van der Waals surface area contributed by atoms with Crippen LogP contribution in [0.3, 0.4) is 0 Å². The van der Waals surface area contributed by atoms with Crippen LogP contribution < -0.4 is 10.6 Å². The van der Waals surface area contributed by atoms with Crippen LogP contribution in [0.5, 0.6) is 0 Å². The number of Topliss-reactive ketones (excluding diaryl/α,β-unsaturated/α-hetero) is 1. The van der Waals surface area contributed by atoms with Crippen molar-refractivity contribution in [2.45, 2.75) is 19.8 Å². The van der Waals surface area contributed by atoms with Gasteiger partial charge in [0.05, 0.1) is 11.5 Å². The number of ketones is 1. The van der Waals surface area contributed by atoms with Gasteiger partial charge >= 0.3 is 0 Å². The summed E-state index contributed by atoms with van der Waals surface area (Å²) in [6, 6.07) is 1.66. The first-order valence-electron chi connectivity index (χ1n) is 7.14. The summed E-state index contributed by atoms with van der Waals surface area (Å²) in [5, 5.41) is 8.06. The number of thiophene rings is 1. The van der Waals surface area contributed by atoms with E-state index < -0.39 is 0 Å². The standard InChI is InChI=1S/C15H22N2O3S/c1-11(18)12-7-13(21-8-12)14(19)17-9-15(10-20-2)3-5-16-6-4-15/h7-8,16H,3-6,9-10H2,1-2H3,(H,17,19). The minimum atomic E-state index is -0.110. The maximum atomic E-state index is 12.2. The normalized spacial score (nSPS) is 17.4. The van der Waals surface area contributed by atoms with Crippen LogP contribution in [0.2, 0.25) is 0 Å². The molecule has 0 atom stereocenters. The molecule has 0 saturated carbocycles. The molecule has 2 rings (SSSR count). The summed E-state index contributed by atoms with van der Waals surface area (Å²) in [6.45, 7) is 4.67. The Bertz CT molecular complexity index is 501. The van der Waals surface area contributed by atoms with Gasteiger partial charge in [-0.25, -0.2) is 0 Å². The van der Waals surface area contributed by atoms with E-state index in [4.69, 9.17) is 4.74 Å². The number of rotatable bonds is 6. The lowest BCUT2D eigenvalue weighted by Gasteiger charge is -2.37. The van der Waals surface area contributed by atoms with E-state index >= 15 is 0 Å². The summed E-state index contributed by atoms with van der Waals surface area (Å²) < 4.78 is 5.34. The van der Waals surface area contributed by atoms with Gasteiger partial charge in [-0.3, -0.25) is 9.59 Å². The SMILES string of the molecule is COCC1(CNC(=O)c2cc(C(C)=O)cs2)CCNCC1. The molecule has 1 aromatic rings. The molecule has 1 saturated heterocycles. The third-order valence-corrected chi connectivity index (χ3v) is 4.90. The van der Waals surface area contributed by atoms with Gasteiger partial charge in [-0.2, -0.15) is 0 Å². The van der Waals surface area contributed by atoms with Crippen LogP contribution in [0.1, 0.15) is 39.8 Å². The average molecular weight is 310 g/mol. The summed E-state index contributed by atoms with van der Waals surface area (Å²) in [4.78, 5) is 24.1. The average Bonchev–Trinajstić information content (AvgIpc) is 2.96. The third kappa shape index (κ3) is 4.12. The van der Waals surface area contributed by atoms with Gasteiger partial charge in [0.25, 0.3) is 5.91 Å². The first-order valence-corrected chi connectivity index (χ1v) is 8.02. The molecule has 1 aliphatic heterocycles. The fraction of sp³-hybridized carbons (Fsp3) is 0.600. The van der Waals surface area contributed by atoms with Gasteiger partial charge in [-0.05, 0) is 38.9 Å². The largest absolute Gasteiger partial charge is 0.384 e. The van der Waals surface area contributed by atoms with E-state index in [1.54, 1.807) is 18.6 Å². The Kier molecular flexibility index (Phi) is 5.50. The van der Waals surface area contributed by atoms with E-state index in [0.717, 1.165) is 25.9 Å². The van der Waals surface area contributed by atoms with Crippen molar-refractivity contribution >= 4 is 23.0 Å². The minimum absolute atomic E-state index is 0.0102. The third-order valence-electron chi connectivity index (χ3n) is 3.97. The van der Waals surface area contributed by atoms with Gasteiger partial charge < -0.3 is 15.4 Å². The number of carbonyl (C=O) groups is 2. The number of ether oxygens (including phenoxy) is 1. The van der Waals surface area contributed by atoms with Crippen molar-refractivity contribution in [3.63, 3.8) is 0 Å². The smallest absolute Gasteiger partial charge is 0.261 e. The number of hydrogen-bond donors (Lipinski definition) is 2. The quantitative estimate of drug-likeness (QED) is 0.785. The van der Waals surface area contributed by atoms with Crippen molar-refractivity contribution < 1.29 is 14.3 Å². The van der Waals surface area contributed by atoms with Crippen molar-refractivity contribution in [3.05, 3.63) is 21.9 Å². The molecule has 5 nitrogen and oxygen atoms in total. The molecule has 1 amide bonds. The highest BCUT2D eigenvalue weighted by Gasteiger charge is 2.32. The maximum Gasteiger partial charge on any atom is 0.261 e. The zero-order chi connectivity index (χ0) is 15.3. The molecular weight excluding hydrogens is 288 g/mol. The number of nitrogens with one attached hydrogen (secondary N) is 2. The van der Waals surface area contributed by atoms with E-state index in [1.807, 2.05) is 0 Å². The maximum absolute atomic E-state index is 12.2. The van der Waals surface area contributed by atoms with Gasteiger partial charge in [0.15, 0.2) is 5.78 Å². The van der Waals surface area contributed by atoms with Crippen LogP contribution in [0, 0.1) is 5.41 Å². The van der Waals surface area contributed by atoms with Gasteiger partial charge in [0.2, 0.25) is 0 Å². The zero-order valence-corrected chi connectivity index (χ0v) is 13.3. The van der Waals surface area contributed by atoms with E-state index in [0.29, 0.717) is 23.6 Å². The molecule has 0 spiro atoms. The molecule has 0 bridgehead atoms. The van der Waals surface area contributed by atoms with Crippen LogP contribution >= 0.6 is 11.3 Å². The summed E-state index contributed by atoms with van der Waals surface area (Å²) >= 11 is 1.31. The number of methoxy groups -OCH3 is 1. The molecule has 0 radical (unpaired) electrons. The molecular formula is C15H22N2O3S. The lowest BCUT2D eigenvalue weighted by Crippen LogP contribution is -2.47. The predicted molar refractivity (Wildman–Crippen MR) is 83.1 cm³/mol. The van der Waals surface area contributed by atoms with Crippen LogP contribution in [0.4, 0.5) is 0 Å². The molecule has 1 aromatic heterocycles. The van der Waals surface area contributed by atoms with E-state index in [-0.39, 0.29) is 17.1 Å². The summed E-state index contributed by atoms with van der Waals surface area (Å²) in [5.74, 6) is -0.124. The first kappa shape index (κ1) is 16.1. The van der Waals surface area contributed by atoms with E-state index in [2.05, 4.69) is 10.6 Å². The topological polar surface area (TPSA) is 67.4 Å². The second-order valence-electron chi connectivity index (χ2n) is 5.62. The highest BCUT2D eigenvalue weighted by Crippen LogP contribution is 2.28. The molecule has 2 heterocycles. The van der Waals surface area contributed by atoms with Gasteiger partial charge in [-0.1, -0.05) is 0 Å². The Morgan fingerprint density at radius 1 is 1.43 bits per heavy atom. The Hall–Kier alpha value is -1.24. The number of hydrogen-bond acceptors (Lipinski definition) is 5. The van der Waals surface area contributed by atoms with Crippen LogP contribution in [0.15, 0.2) is 11.4 Å². The van der Waals surface area contributed by atoms with Crippen LogP contribution in [0.25, 0.3) is 0 Å². The highest BCUT2D eigenvalue weighted by molar-refractivity contribution is 7.12. The minimum Gasteiger partial charge on any atom is -0.384 e. The lowest BCUT2D eigenvalue weighted by atomic mass is 9.79. The molecule has 1 aliphatic rings. The zero-order valence-electron chi connectivity index (χ0n) is 12.5. The van der Waals surface area contributed by atoms with Gasteiger partial charge in [0, 0.05) is 30.0 Å². The summed E-state index contributed by atoms with van der Waals surface area (Å²) in [7, 11) is 1.70. The van der Waals surface area contributed by atoms with Crippen molar-refractivity contribution in [1.29, 1.82) is 0 Å². The molecule has 0 aliphatic carbocycles. The molecule has 0 unspecified atom stereocenters. The molecule has 1 fully saturated rings.